The van der Waals surface area contributed by atoms with E-state index in [4.69, 9.17) is 4.74 Å². The van der Waals surface area contributed by atoms with E-state index in [0.717, 1.165) is 44.7 Å². The Bertz CT molecular complexity index is 470. The molecular formula is C14H22N4O2. The molecule has 2 saturated heterocycles. The number of hydrogen-bond donors (Lipinski definition) is 2. The lowest BCUT2D eigenvalue weighted by Crippen LogP contribution is -2.61. The second-order valence-electron chi connectivity index (χ2n) is 5.73. The topological polar surface area (TPSA) is 70.5 Å². The lowest BCUT2D eigenvalue weighted by Gasteiger charge is -2.50. The van der Waals surface area contributed by atoms with Crippen molar-refractivity contribution in [1.29, 1.82) is 0 Å². The first-order chi connectivity index (χ1) is 9.79. The summed E-state index contributed by atoms with van der Waals surface area (Å²) in [6, 6.07) is 0.403. The zero-order valence-electron chi connectivity index (χ0n) is 11.9. The Balaban J connectivity index is 1.86. The predicted molar refractivity (Wildman–Crippen MR) is 76.0 cm³/mol. The SMILES string of the molecule is COc1nccnc1N1CC[C@H]2NCCC[C@]2(CO)C1. The largest absolute Gasteiger partial charge is 0.478 e. The van der Waals surface area contributed by atoms with E-state index in [-0.39, 0.29) is 12.0 Å². The van der Waals surface area contributed by atoms with Crippen molar-refractivity contribution in [2.24, 2.45) is 5.41 Å². The van der Waals surface area contributed by atoms with Crippen LogP contribution in [0.4, 0.5) is 5.82 Å². The van der Waals surface area contributed by atoms with Crippen molar-refractivity contribution in [3.63, 3.8) is 0 Å². The molecule has 2 N–H and O–H groups in total. The average molecular weight is 278 g/mol. The number of nitrogens with one attached hydrogen (secondary N) is 1. The van der Waals surface area contributed by atoms with Gasteiger partial charge in [-0.3, -0.25) is 0 Å². The van der Waals surface area contributed by atoms with E-state index in [9.17, 15) is 5.11 Å². The van der Waals surface area contributed by atoms with Crippen LogP contribution in [0.25, 0.3) is 0 Å². The zero-order chi connectivity index (χ0) is 14.0. The molecular weight excluding hydrogens is 256 g/mol. The Labute approximate surface area is 119 Å². The van der Waals surface area contributed by atoms with Gasteiger partial charge < -0.3 is 20.1 Å². The minimum Gasteiger partial charge on any atom is -0.478 e. The lowest BCUT2D eigenvalue weighted by molar-refractivity contribution is 0.0401. The normalized spacial score (nSPS) is 29.9. The number of anilines is 1. The fraction of sp³-hybridized carbons (Fsp3) is 0.714. The van der Waals surface area contributed by atoms with Crippen LogP contribution in [0.5, 0.6) is 5.88 Å². The molecule has 0 spiro atoms. The van der Waals surface area contributed by atoms with Crippen LogP contribution in [-0.2, 0) is 0 Å². The number of fused-ring (bicyclic) bond motifs is 1. The molecule has 2 atom stereocenters. The molecule has 0 amide bonds. The van der Waals surface area contributed by atoms with Crippen LogP contribution in [0.15, 0.2) is 12.4 Å². The van der Waals surface area contributed by atoms with Gasteiger partial charge in [-0.1, -0.05) is 0 Å². The summed E-state index contributed by atoms with van der Waals surface area (Å²) in [6.45, 7) is 2.98. The summed E-state index contributed by atoms with van der Waals surface area (Å²) in [6.07, 6.45) is 6.51. The maximum Gasteiger partial charge on any atom is 0.257 e. The third-order valence-electron chi connectivity index (χ3n) is 4.63. The van der Waals surface area contributed by atoms with Crippen LogP contribution in [0.1, 0.15) is 19.3 Å². The molecule has 1 aromatic heterocycles. The summed E-state index contributed by atoms with van der Waals surface area (Å²) < 4.78 is 5.31. The molecule has 110 valence electrons. The number of methoxy groups -OCH3 is 1. The van der Waals surface area contributed by atoms with Crippen molar-refractivity contribution in [2.75, 3.05) is 38.3 Å². The standard InChI is InChI=1S/C14H22N4O2/c1-20-13-12(16-6-7-17-13)18-8-3-11-14(9-18,10-19)4-2-5-15-11/h6-7,11,15,19H,2-5,8-10H2,1H3/t11-,14-/m1/s1. The summed E-state index contributed by atoms with van der Waals surface area (Å²) in [4.78, 5) is 10.8. The number of piperidine rings is 2. The van der Waals surface area contributed by atoms with Crippen LogP contribution in [-0.4, -0.2) is 54.5 Å². The second kappa shape index (κ2) is 5.54. The van der Waals surface area contributed by atoms with Crippen molar-refractivity contribution >= 4 is 5.82 Å². The monoisotopic (exact) mass is 278 g/mol. The van der Waals surface area contributed by atoms with Gasteiger partial charge in [-0.15, -0.1) is 0 Å². The number of ether oxygens (including phenoxy) is 1. The van der Waals surface area contributed by atoms with Gasteiger partial charge in [-0.05, 0) is 25.8 Å². The molecule has 6 heteroatoms. The van der Waals surface area contributed by atoms with Crippen LogP contribution in [0.2, 0.25) is 0 Å². The summed E-state index contributed by atoms with van der Waals surface area (Å²) in [5, 5.41) is 13.5. The van der Waals surface area contributed by atoms with E-state index in [0.29, 0.717) is 11.9 Å². The molecule has 2 aliphatic heterocycles. The molecule has 1 aromatic rings. The minimum atomic E-state index is -0.0704. The molecule has 2 aliphatic rings. The van der Waals surface area contributed by atoms with Gasteiger partial charge in [0.25, 0.3) is 5.88 Å². The van der Waals surface area contributed by atoms with E-state index >= 15 is 0 Å². The van der Waals surface area contributed by atoms with Gasteiger partial charge in [0, 0.05) is 36.9 Å². The first-order valence-corrected chi connectivity index (χ1v) is 7.23. The van der Waals surface area contributed by atoms with Crippen molar-refractivity contribution in [3.05, 3.63) is 12.4 Å². The van der Waals surface area contributed by atoms with E-state index in [1.165, 1.54) is 0 Å². The van der Waals surface area contributed by atoms with Crippen molar-refractivity contribution in [3.8, 4) is 5.88 Å². The first-order valence-electron chi connectivity index (χ1n) is 7.23. The Hall–Kier alpha value is -1.40. The molecule has 0 radical (unpaired) electrons. The maximum atomic E-state index is 9.93. The molecule has 3 heterocycles. The van der Waals surface area contributed by atoms with Crippen molar-refractivity contribution in [2.45, 2.75) is 25.3 Å². The third-order valence-corrected chi connectivity index (χ3v) is 4.63. The summed E-state index contributed by atoms with van der Waals surface area (Å²) in [7, 11) is 1.62. The van der Waals surface area contributed by atoms with Gasteiger partial charge in [-0.2, -0.15) is 0 Å². The maximum absolute atomic E-state index is 9.93. The fourth-order valence-electron chi connectivity index (χ4n) is 3.55. The second-order valence-corrected chi connectivity index (χ2v) is 5.73. The zero-order valence-corrected chi connectivity index (χ0v) is 11.9. The van der Waals surface area contributed by atoms with E-state index < -0.39 is 0 Å². The third kappa shape index (κ3) is 2.23. The molecule has 2 fully saturated rings. The fourth-order valence-corrected chi connectivity index (χ4v) is 3.55. The highest BCUT2D eigenvalue weighted by Crippen LogP contribution is 2.39. The summed E-state index contributed by atoms with van der Waals surface area (Å²) in [5.41, 5.74) is -0.0704. The quantitative estimate of drug-likeness (QED) is 0.835. The Morgan fingerprint density at radius 1 is 1.50 bits per heavy atom. The molecule has 0 aromatic carbocycles. The number of nitrogens with zero attached hydrogens (tertiary/aromatic N) is 3. The number of rotatable bonds is 3. The Kier molecular flexibility index (Phi) is 3.76. The highest BCUT2D eigenvalue weighted by atomic mass is 16.5. The van der Waals surface area contributed by atoms with Crippen LogP contribution in [0, 0.1) is 5.41 Å². The van der Waals surface area contributed by atoms with Gasteiger partial charge in [0.05, 0.1) is 13.7 Å². The van der Waals surface area contributed by atoms with Crippen LogP contribution in [0.3, 0.4) is 0 Å². The molecule has 0 saturated carbocycles. The number of hydrogen-bond acceptors (Lipinski definition) is 6. The first kappa shape index (κ1) is 13.6. The molecule has 0 unspecified atom stereocenters. The summed E-state index contributed by atoms with van der Waals surface area (Å²) in [5.74, 6) is 1.34. The minimum absolute atomic E-state index is 0.0704. The van der Waals surface area contributed by atoms with E-state index in [1.54, 1.807) is 19.5 Å². The highest BCUT2D eigenvalue weighted by molar-refractivity contribution is 5.48. The van der Waals surface area contributed by atoms with Gasteiger partial charge in [0.2, 0.25) is 0 Å². The Morgan fingerprint density at radius 3 is 3.15 bits per heavy atom. The molecule has 6 nitrogen and oxygen atoms in total. The average Bonchev–Trinajstić information content (AvgIpc) is 2.54. The molecule has 0 aliphatic carbocycles. The van der Waals surface area contributed by atoms with Crippen LogP contribution >= 0.6 is 0 Å². The van der Waals surface area contributed by atoms with Crippen LogP contribution < -0.4 is 15.0 Å². The smallest absolute Gasteiger partial charge is 0.257 e. The van der Waals surface area contributed by atoms with Crippen molar-refractivity contribution in [1.82, 2.24) is 15.3 Å². The molecule has 20 heavy (non-hydrogen) atoms. The van der Waals surface area contributed by atoms with E-state index in [2.05, 4.69) is 20.2 Å². The highest BCUT2D eigenvalue weighted by Gasteiger charge is 2.45. The van der Waals surface area contributed by atoms with Gasteiger partial charge in [0.1, 0.15) is 0 Å². The Morgan fingerprint density at radius 2 is 2.35 bits per heavy atom. The molecule has 0 bridgehead atoms. The van der Waals surface area contributed by atoms with Crippen molar-refractivity contribution < 1.29 is 9.84 Å². The van der Waals surface area contributed by atoms with E-state index in [1.807, 2.05) is 0 Å². The van der Waals surface area contributed by atoms with Gasteiger partial charge in [-0.25, -0.2) is 9.97 Å². The number of aliphatic hydroxyl groups excluding tert-OH is 1. The lowest BCUT2D eigenvalue weighted by atomic mass is 9.71. The summed E-state index contributed by atoms with van der Waals surface area (Å²) >= 11 is 0. The predicted octanol–water partition coefficient (Wildman–Crippen LogP) is 0.426. The molecule has 3 rings (SSSR count). The number of aliphatic hydroxyl groups is 1. The van der Waals surface area contributed by atoms with Gasteiger partial charge >= 0.3 is 0 Å². The number of aromatic nitrogens is 2. The van der Waals surface area contributed by atoms with Gasteiger partial charge in [0.15, 0.2) is 5.82 Å².